The summed E-state index contributed by atoms with van der Waals surface area (Å²) in [6, 6.07) is 0. The topological polar surface area (TPSA) is 12.5 Å². The standard InChI is InChI=1S/C9H15NO/c1-2-9(1)3-4-10-5-7-11-8-6-10/h3-4,9H,1-2,5-8H2/b4-3+. The maximum Gasteiger partial charge on any atom is 0.0642 e. The van der Waals surface area contributed by atoms with Gasteiger partial charge in [0, 0.05) is 13.1 Å². The molecule has 1 saturated heterocycles. The predicted octanol–water partition coefficient (Wildman–Crippen LogP) is 1.24. The number of allylic oxidation sites excluding steroid dienone is 1. The second kappa shape index (κ2) is 3.26. The molecule has 62 valence electrons. The van der Waals surface area contributed by atoms with E-state index in [1.54, 1.807) is 0 Å². The van der Waals surface area contributed by atoms with Crippen molar-refractivity contribution < 1.29 is 4.74 Å². The van der Waals surface area contributed by atoms with E-state index < -0.39 is 0 Å². The fourth-order valence-corrected chi connectivity index (χ4v) is 1.26. The molecule has 0 unspecified atom stereocenters. The molecule has 2 aliphatic rings. The Hall–Kier alpha value is -0.500. The van der Waals surface area contributed by atoms with Crippen LogP contribution in [0, 0.1) is 5.92 Å². The van der Waals surface area contributed by atoms with Gasteiger partial charge in [-0.3, -0.25) is 0 Å². The van der Waals surface area contributed by atoms with Crippen LogP contribution in [0.25, 0.3) is 0 Å². The molecule has 2 nitrogen and oxygen atoms in total. The van der Waals surface area contributed by atoms with Crippen molar-refractivity contribution in [1.82, 2.24) is 4.90 Å². The van der Waals surface area contributed by atoms with E-state index in [4.69, 9.17) is 4.74 Å². The van der Waals surface area contributed by atoms with Crippen LogP contribution in [0.4, 0.5) is 0 Å². The van der Waals surface area contributed by atoms with Crippen LogP contribution in [-0.2, 0) is 4.74 Å². The van der Waals surface area contributed by atoms with Gasteiger partial charge in [0.1, 0.15) is 0 Å². The van der Waals surface area contributed by atoms with Crippen LogP contribution in [0.3, 0.4) is 0 Å². The van der Waals surface area contributed by atoms with Crippen molar-refractivity contribution in [3.05, 3.63) is 12.3 Å². The van der Waals surface area contributed by atoms with Crippen LogP contribution in [0.15, 0.2) is 12.3 Å². The largest absolute Gasteiger partial charge is 0.378 e. The van der Waals surface area contributed by atoms with Crippen molar-refractivity contribution in [1.29, 1.82) is 0 Å². The van der Waals surface area contributed by atoms with Crippen LogP contribution in [0.1, 0.15) is 12.8 Å². The van der Waals surface area contributed by atoms with Crippen LogP contribution >= 0.6 is 0 Å². The lowest BCUT2D eigenvalue weighted by Gasteiger charge is -2.24. The first-order valence-electron chi connectivity index (χ1n) is 4.45. The van der Waals surface area contributed by atoms with Gasteiger partial charge in [0.05, 0.1) is 13.2 Å². The molecule has 11 heavy (non-hydrogen) atoms. The van der Waals surface area contributed by atoms with Crippen LogP contribution in [0.5, 0.6) is 0 Å². The maximum absolute atomic E-state index is 5.25. The fraction of sp³-hybridized carbons (Fsp3) is 0.778. The molecule has 2 heteroatoms. The first kappa shape index (κ1) is 7.17. The number of rotatable bonds is 2. The van der Waals surface area contributed by atoms with E-state index in [1.165, 1.54) is 12.8 Å². The summed E-state index contributed by atoms with van der Waals surface area (Å²) < 4.78 is 5.25. The summed E-state index contributed by atoms with van der Waals surface area (Å²) in [7, 11) is 0. The molecule has 0 aromatic heterocycles. The lowest BCUT2D eigenvalue weighted by Crippen LogP contribution is -2.32. The number of ether oxygens (including phenoxy) is 1. The molecule has 1 saturated carbocycles. The second-order valence-electron chi connectivity index (χ2n) is 3.33. The number of hydrogen-bond acceptors (Lipinski definition) is 2. The number of hydrogen-bond donors (Lipinski definition) is 0. The summed E-state index contributed by atoms with van der Waals surface area (Å²) >= 11 is 0. The average molecular weight is 153 g/mol. The Morgan fingerprint density at radius 2 is 1.91 bits per heavy atom. The molecule has 0 aromatic rings. The molecule has 0 spiro atoms. The Morgan fingerprint density at radius 1 is 1.18 bits per heavy atom. The molecule has 0 aromatic carbocycles. The van der Waals surface area contributed by atoms with Gasteiger partial charge in [0.25, 0.3) is 0 Å². The van der Waals surface area contributed by atoms with Gasteiger partial charge in [-0.2, -0.15) is 0 Å². The minimum Gasteiger partial charge on any atom is -0.378 e. The van der Waals surface area contributed by atoms with E-state index >= 15 is 0 Å². The molecule has 2 rings (SSSR count). The summed E-state index contributed by atoms with van der Waals surface area (Å²) in [5.74, 6) is 0.901. The highest BCUT2D eigenvalue weighted by molar-refractivity contribution is 4.95. The first-order chi connectivity index (χ1) is 5.45. The lowest BCUT2D eigenvalue weighted by molar-refractivity contribution is 0.0592. The molecule has 2 fully saturated rings. The van der Waals surface area contributed by atoms with E-state index in [2.05, 4.69) is 17.2 Å². The Labute approximate surface area is 67.8 Å². The van der Waals surface area contributed by atoms with E-state index in [9.17, 15) is 0 Å². The zero-order valence-corrected chi connectivity index (χ0v) is 6.83. The second-order valence-corrected chi connectivity index (χ2v) is 3.33. The maximum atomic E-state index is 5.25. The third-order valence-corrected chi connectivity index (χ3v) is 2.24. The van der Waals surface area contributed by atoms with E-state index in [1.807, 2.05) is 0 Å². The molecular weight excluding hydrogens is 138 g/mol. The van der Waals surface area contributed by atoms with Crippen molar-refractivity contribution >= 4 is 0 Å². The molecule has 0 bridgehead atoms. The van der Waals surface area contributed by atoms with Gasteiger partial charge in [-0.05, 0) is 25.0 Å². The van der Waals surface area contributed by atoms with Gasteiger partial charge in [-0.15, -0.1) is 0 Å². The van der Waals surface area contributed by atoms with Gasteiger partial charge in [-0.25, -0.2) is 0 Å². The summed E-state index contributed by atoms with van der Waals surface area (Å²) in [5, 5.41) is 0. The molecule has 0 N–H and O–H groups in total. The Bertz CT molecular complexity index is 146. The highest BCUT2D eigenvalue weighted by Gasteiger charge is 2.17. The van der Waals surface area contributed by atoms with E-state index in [0.717, 1.165) is 32.2 Å². The Morgan fingerprint density at radius 3 is 2.55 bits per heavy atom. The molecule has 0 radical (unpaired) electrons. The average Bonchev–Trinajstić information content (AvgIpc) is 2.86. The third-order valence-electron chi connectivity index (χ3n) is 2.24. The van der Waals surface area contributed by atoms with E-state index in [0.29, 0.717) is 0 Å². The van der Waals surface area contributed by atoms with Crippen molar-refractivity contribution in [3.63, 3.8) is 0 Å². The Kier molecular flexibility index (Phi) is 2.13. The summed E-state index contributed by atoms with van der Waals surface area (Å²) in [4.78, 5) is 2.35. The smallest absolute Gasteiger partial charge is 0.0642 e. The highest BCUT2D eigenvalue weighted by atomic mass is 16.5. The highest BCUT2D eigenvalue weighted by Crippen LogP contribution is 2.30. The van der Waals surface area contributed by atoms with Gasteiger partial charge in [0.15, 0.2) is 0 Å². The van der Waals surface area contributed by atoms with Crippen molar-refractivity contribution in [2.75, 3.05) is 26.3 Å². The zero-order valence-electron chi connectivity index (χ0n) is 6.83. The van der Waals surface area contributed by atoms with Crippen molar-refractivity contribution in [2.24, 2.45) is 5.92 Å². The van der Waals surface area contributed by atoms with Crippen LogP contribution < -0.4 is 0 Å². The third kappa shape index (κ3) is 2.22. The van der Waals surface area contributed by atoms with Gasteiger partial charge < -0.3 is 9.64 Å². The molecule has 0 amide bonds. The molecule has 1 heterocycles. The molecular formula is C9H15NO. The monoisotopic (exact) mass is 153 g/mol. The minimum absolute atomic E-state index is 0.898. The van der Waals surface area contributed by atoms with E-state index in [-0.39, 0.29) is 0 Å². The summed E-state index contributed by atoms with van der Waals surface area (Å²) in [6.45, 7) is 3.94. The SMILES string of the molecule is C(=C\N1CCOCC1)/C1CC1. The van der Waals surface area contributed by atoms with Gasteiger partial charge in [-0.1, -0.05) is 6.08 Å². The van der Waals surface area contributed by atoms with Crippen LogP contribution in [-0.4, -0.2) is 31.2 Å². The summed E-state index contributed by atoms with van der Waals surface area (Å²) in [5.41, 5.74) is 0. The molecule has 1 aliphatic carbocycles. The quantitative estimate of drug-likeness (QED) is 0.592. The van der Waals surface area contributed by atoms with Gasteiger partial charge >= 0.3 is 0 Å². The molecule has 1 aliphatic heterocycles. The lowest BCUT2D eigenvalue weighted by atomic mass is 10.4. The Balaban J connectivity index is 1.74. The van der Waals surface area contributed by atoms with Gasteiger partial charge in [0.2, 0.25) is 0 Å². The number of nitrogens with zero attached hydrogens (tertiary/aromatic N) is 1. The first-order valence-corrected chi connectivity index (χ1v) is 4.45. The minimum atomic E-state index is 0.898. The predicted molar refractivity (Wildman–Crippen MR) is 44.3 cm³/mol. The normalized spacial score (nSPS) is 26.4. The summed E-state index contributed by atoms with van der Waals surface area (Å²) in [6.07, 6.45) is 7.40. The van der Waals surface area contributed by atoms with Crippen molar-refractivity contribution in [2.45, 2.75) is 12.8 Å². The fourth-order valence-electron chi connectivity index (χ4n) is 1.26. The van der Waals surface area contributed by atoms with Crippen molar-refractivity contribution in [3.8, 4) is 0 Å². The molecule has 0 atom stereocenters. The van der Waals surface area contributed by atoms with Crippen LogP contribution in [0.2, 0.25) is 0 Å². The zero-order chi connectivity index (χ0) is 7.52. The number of morpholine rings is 1.